The van der Waals surface area contributed by atoms with Gasteiger partial charge in [-0.05, 0) is 49.4 Å². The van der Waals surface area contributed by atoms with Crippen LogP contribution in [0, 0.1) is 13.8 Å². The highest BCUT2D eigenvalue weighted by Gasteiger charge is 2.19. The smallest absolute Gasteiger partial charge is 0.260 e. The molecule has 5 nitrogen and oxygen atoms in total. The molecule has 2 heterocycles. The zero-order valence-electron chi connectivity index (χ0n) is 19.4. The lowest BCUT2D eigenvalue weighted by Crippen LogP contribution is -2.23. The number of thioether (sulfide) groups is 1. The van der Waals surface area contributed by atoms with Crippen molar-refractivity contribution >= 4 is 44.9 Å². The number of nitrogens with zero attached hydrogens (tertiary/aromatic N) is 1. The Morgan fingerprint density at radius 1 is 1.09 bits per heavy atom. The number of carbonyl (C=O) groups excluding carboxylic acids is 1. The Balaban J connectivity index is 1.54. The number of rotatable bonds is 6. The maximum atomic E-state index is 12.9. The molecule has 0 aliphatic rings. The van der Waals surface area contributed by atoms with E-state index in [1.807, 2.05) is 44.4 Å². The number of amides is 1. The Hall–Kier alpha value is -2.90. The van der Waals surface area contributed by atoms with Crippen LogP contribution < -0.4 is 10.9 Å². The second-order valence-corrected chi connectivity index (χ2v) is 10.7. The van der Waals surface area contributed by atoms with Gasteiger partial charge in [0.1, 0.15) is 4.83 Å². The summed E-state index contributed by atoms with van der Waals surface area (Å²) in [5.74, 6) is 0.323. The molecule has 1 unspecified atom stereocenters. The lowest BCUT2D eigenvalue weighted by molar-refractivity contribution is -0.115. The molecule has 0 aliphatic carbocycles. The Labute approximate surface area is 201 Å². The fourth-order valence-corrected chi connectivity index (χ4v) is 5.46. The van der Waals surface area contributed by atoms with Crippen LogP contribution in [-0.2, 0) is 4.79 Å². The molecule has 2 aromatic heterocycles. The minimum absolute atomic E-state index is 0.133. The van der Waals surface area contributed by atoms with Gasteiger partial charge in [-0.25, -0.2) is 4.98 Å². The lowest BCUT2D eigenvalue weighted by atomic mass is 9.99. The molecule has 1 atom stereocenters. The number of thiophene rings is 1. The van der Waals surface area contributed by atoms with Crippen molar-refractivity contribution in [3.05, 3.63) is 74.9 Å². The van der Waals surface area contributed by atoms with E-state index in [0.717, 1.165) is 27.9 Å². The first-order valence-corrected chi connectivity index (χ1v) is 12.7. The van der Waals surface area contributed by atoms with E-state index in [1.165, 1.54) is 28.7 Å². The molecule has 4 aromatic rings. The first-order valence-electron chi connectivity index (χ1n) is 10.9. The fourth-order valence-electron chi connectivity index (χ4n) is 3.65. The number of aromatic nitrogens is 2. The molecule has 0 fully saturated rings. The van der Waals surface area contributed by atoms with Crippen molar-refractivity contribution in [3.8, 4) is 11.1 Å². The second kappa shape index (κ2) is 9.53. The van der Waals surface area contributed by atoms with Crippen molar-refractivity contribution in [1.29, 1.82) is 0 Å². The molecule has 0 saturated heterocycles. The molecule has 7 heteroatoms. The van der Waals surface area contributed by atoms with E-state index in [-0.39, 0.29) is 11.5 Å². The topological polar surface area (TPSA) is 74.8 Å². The average Bonchev–Trinajstić information content (AvgIpc) is 3.20. The van der Waals surface area contributed by atoms with Gasteiger partial charge in [0.05, 0.1) is 10.6 Å². The standard InChI is InChI=1S/C26H27N3O2S2/c1-14(2)18-7-9-19(10-8-18)20-13-32-25-22(20)24(31)28-26(29-25)33-17(5)23(30)27-21-11-6-15(3)12-16(21)4/h6-14,17H,1-5H3,(H,27,30)(H,28,29,31). The quantitative estimate of drug-likeness (QED) is 0.245. The van der Waals surface area contributed by atoms with Gasteiger partial charge in [0.2, 0.25) is 5.91 Å². The van der Waals surface area contributed by atoms with Crippen molar-refractivity contribution in [2.45, 2.75) is 50.9 Å². The molecule has 4 rings (SSSR count). The number of carbonyl (C=O) groups is 1. The predicted octanol–water partition coefficient (Wildman–Crippen LogP) is 6.51. The molecule has 33 heavy (non-hydrogen) atoms. The molecule has 0 radical (unpaired) electrons. The maximum Gasteiger partial charge on any atom is 0.260 e. The normalized spacial score (nSPS) is 12.3. The van der Waals surface area contributed by atoms with Crippen LogP contribution in [0.3, 0.4) is 0 Å². The second-order valence-electron chi connectivity index (χ2n) is 8.55. The van der Waals surface area contributed by atoms with Gasteiger partial charge in [0, 0.05) is 16.6 Å². The SMILES string of the molecule is Cc1ccc(NC(=O)C(C)Sc2nc3scc(-c4ccc(C(C)C)cc4)c3c(=O)[nH]2)c(C)c1. The van der Waals surface area contributed by atoms with E-state index in [9.17, 15) is 9.59 Å². The highest BCUT2D eigenvalue weighted by atomic mass is 32.2. The molecule has 170 valence electrons. The molecule has 0 aliphatic heterocycles. The fraction of sp³-hybridized carbons (Fsp3) is 0.269. The number of hydrogen-bond donors (Lipinski definition) is 2. The average molecular weight is 478 g/mol. The van der Waals surface area contributed by atoms with Crippen LogP contribution in [0.25, 0.3) is 21.3 Å². The van der Waals surface area contributed by atoms with Gasteiger partial charge in [-0.15, -0.1) is 11.3 Å². The first kappa shape index (κ1) is 23.3. The van der Waals surface area contributed by atoms with E-state index >= 15 is 0 Å². The number of H-pyrrole nitrogens is 1. The van der Waals surface area contributed by atoms with Gasteiger partial charge in [0.15, 0.2) is 5.16 Å². The van der Waals surface area contributed by atoms with Crippen LogP contribution >= 0.6 is 23.1 Å². The van der Waals surface area contributed by atoms with Gasteiger partial charge in [0.25, 0.3) is 5.56 Å². The van der Waals surface area contributed by atoms with Gasteiger partial charge >= 0.3 is 0 Å². The number of hydrogen-bond acceptors (Lipinski definition) is 5. The van der Waals surface area contributed by atoms with Gasteiger partial charge in [-0.1, -0.05) is 67.6 Å². The minimum atomic E-state index is -0.422. The van der Waals surface area contributed by atoms with Crippen LogP contribution in [0.1, 0.15) is 43.4 Å². The summed E-state index contributed by atoms with van der Waals surface area (Å²) in [6.07, 6.45) is 0. The van der Waals surface area contributed by atoms with E-state index in [0.29, 0.717) is 21.3 Å². The Morgan fingerprint density at radius 2 is 1.82 bits per heavy atom. The van der Waals surface area contributed by atoms with Crippen molar-refractivity contribution in [1.82, 2.24) is 9.97 Å². The summed E-state index contributed by atoms with van der Waals surface area (Å²) in [6.45, 7) is 10.1. The number of aromatic amines is 1. The van der Waals surface area contributed by atoms with Crippen LogP contribution in [0.15, 0.2) is 57.8 Å². The molecule has 1 amide bonds. The van der Waals surface area contributed by atoms with E-state index in [4.69, 9.17) is 0 Å². The number of aryl methyl sites for hydroxylation is 2. The number of anilines is 1. The van der Waals surface area contributed by atoms with Crippen LogP contribution in [0.2, 0.25) is 0 Å². The monoisotopic (exact) mass is 477 g/mol. The predicted molar refractivity (Wildman–Crippen MR) is 140 cm³/mol. The first-order chi connectivity index (χ1) is 15.7. The third kappa shape index (κ3) is 5.04. The van der Waals surface area contributed by atoms with E-state index in [2.05, 4.69) is 53.4 Å². The van der Waals surface area contributed by atoms with E-state index in [1.54, 1.807) is 0 Å². The van der Waals surface area contributed by atoms with Gasteiger partial charge in [-0.3, -0.25) is 9.59 Å². The van der Waals surface area contributed by atoms with Crippen LogP contribution in [0.5, 0.6) is 0 Å². The van der Waals surface area contributed by atoms with Crippen LogP contribution in [0.4, 0.5) is 5.69 Å². The third-order valence-corrected chi connectivity index (χ3v) is 7.46. The van der Waals surface area contributed by atoms with Gasteiger partial charge in [-0.2, -0.15) is 0 Å². The Morgan fingerprint density at radius 3 is 2.48 bits per heavy atom. The highest BCUT2D eigenvalue weighted by Crippen LogP contribution is 2.33. The summed E-state index contributed by atoms with van der Waals surface area (Å²) < 4.78 is 0. The van der Waals surface area contributed by atoms with Crippen molar-refractivity contribution in [3.63, 3.8) is 0 Å². The summed E-state index contributed by atoms with van der Waals surface area (Å²) in [7, 11) is 0. The largest absolute Gasteiger partial charge is 0.325 e. The summed E-state index contributed by atoms with van der Waals surface area (Å²) >= 11 is 2.69. The van der Waals surface area contributed by atoms with E-state index < -0.39 is 5.25 Å². The molecular weight excluding hydrogens is 450 g/mol. The van der Waals surface area contributed by atoms with Crippen LogP contribution in [-0.4, -0.2) is 21.1 Å². The summed E-state index contributed by atoms with van der Waals surface area (Å²) in [5.41, 5.74) is 5.91. The maximum absolute atomic E-state index is 12.9. The molecular formula is C26H27N3O2S2. The zero-order chi connectivity index (χ0) is 23.7. The molecule has 0 saturated carbocycles. The third-order valence-electron chi connectivity index (χ3n) is 5.61. The number of fused-ring (bicyclic) bond motifs is 1. The van der Waals surface area contributed by atoms with Crippen molar-refractivity contribution in [2.24, 2.45) is 0 Å². The zero-order valence-corrected chi connectivity index (χ0v) is 21.0. The number of nitrogens with one attached hydrogen (secondary N) is 2. The highest BCUT2D eigenvalue weighted by molar-refractivity contribution is 8.00. The summed E-state index contributed by atoms with van der Waals surface area (Å²) in [6, 6.07) is 14.2. The summed E-state index contributed by atoms with van der Waals surface area (Å²) in [4.78, 5) is 33.8. The number of benzene rings is 2. The van der Waals surface area contributed by atoms with Gasteiger partial charge < -0.3 is 10.3 Å². The lowest BCUT2D eigenvalue weighted by Gasteiger charge is -2.13. The minimum Gasteiger partial charge on any atom is -0.325 e. The molecule has 0 spiro atoms. The van der Waals surface area contributed by atoms with Crippen molar-refractivity contribution < 1.29 is 4.79 Å². The Kier molecular flexibility index (Phi) is 6.72. The van der Waals surface area contributed by atoms with Crippen molar-refractivity contribution in [2.75, 3.05) is 5.32 Å². The molecule has 2 aromatic carbocycles. The summed E-state index contributed by atoms with van der Waals surface area (Å²) in [5, 5.41) is 5.56. The Bertz CT molecular complexity index is 1370. The molecule has 0 bridgehead atoms. The molecule has 2 N–H and O–H groups in total.